The van der Waals surface area contributed by atoms with Crippen molar-refractivity contribution in [1.29, 1.82) is 0 Å². The third-order valence-electron chi connectivity index (χ3n) is 4.95. The van der Waals surface area contributed by atoms with Crippen LogP contribution in [0.1, 0.15) is 45.6 Å². The number of hydrogen-bond acceptors (Lipinski definition) is 2. The quantitative estimate of drug-likeness (QED) is 0.863. The Labute approximate surface area is 136 Å². The number of nitrogens with zero attached hydrogens (tertiary/aromatic N) is 1. The minimum Gasteiger partial charge on any atom is -0.310 e. The SMILES string of the molecule is CCC1(CC)CN(Cc2cccc(F)c2Br)C(C)CCN1. The van der Waals surface area contributed by atoms with Crippen LogP contribution in [0.25, 0.3) is 0 Å². The van der Waals surface area contributed by atoms with Gasteiger partial charge in [-0.15, -0.1) is 0 Å². The van der Waals surface area contributed by atoms with Gasteiger partial charge in [0.15, 0.2) is 0 Å². The molecule has 0 saturated carbocycles. The van der Waals surface area contributed by atoms with Crippen molar-refractivity contribution in [3.63, 3.8) is 0 Å². The largest absolute Gasteiger partial charge is 0.310 e. The van der Waals surface area contributed by atoms with Crippen LogP contribution in [0.2, 0.25) is 0 Å². The Hall–Kier alpha value is -0.450. The smallest absolute Gasteiger partial charge is 0.137 e. The van der Waals surface area contributed by atoms with E-state index in [1.54, 1.807) is 6.07 Å². The van der Waals surface area contributed by atoms with Crippen LogP contribution in [0.5, 0.6) is 0 Å². The second kappa shape index (κ2) is 7.21. The maximum absolute atomic E-state index is 13.7. The maximum Gasteiger partial charge on any atom is 0.137 e. The molecule has 1 saturated heterocycles. The highest BCUT2D eigenvalue weighted by atomic mass is 79.9. The molecule has 1 aromatic carbocycles. The Kier molecular flexibility index (Phi) is 5.81. The molecule has 1 N–H and O–H groups in total. The first-order valence-corrected chi connectivity index (χ1v) is 8.72. The van der Waals surface area contributed by atoms with Gasteiger partial charge in [0, 0.05) is 24.7 Å². The van der Waals surface area contributed by atoms with E-state index in [2.05, 4.69) is 46.9 Å². The molecule has 4 heteroatoms. The predicted molar refractivity (Wildman–Crippen MR) is 89.9 cm³/mol. The van der Waals surface area contributed by atoms with Gasteiger partial charge in [0.1, 0.15) is 5.82 Å². The number of rotatable bonds is 4. The lowest BCUT2D eigenvalue weighted by Gasteiger charge is -2.37. The van der Waals surface area contributed by atoms with Crippen molar-refractivity contribution in [3.05, 3.63) is 34.1 Å². The second-order valence-corrected chi connectivity index (χ2v) is 6.96. The molecule has 2 rings (SSSR count). The van der Waals surface area contributed by atoms with E-state index in [0.717, 1.165) is 44.5 Å². The number of halogens is 2. The van der Waals surface area contributed by atoms with E-state index in [1.165, 1.54) is 6.07 Å². The van der Waals surface area contributed by atoms with E-state index in [4.69, 9.17) is 0 Å². The summed E-state index contributed by atoms with van der Waals surface area (Å²) in [7, 11) is 0. The summed E-state index contributed by atoms with van der Waals surface area (Å²) in [6.45, 7) is 9.65. The molecule has 0 spiro atoms. The lowest BCUT2D eigenvalue weighted by Crippen LogP contribution is -2.51. The molecule has 0 aliphatic carbocycles. The van der Waals surface area contributed by atoms with Crippen LogP contribution in [-0.4, -0.2) is 29.6 Å². The topological polar surface area (TPSA) is 15.3 Å². The zero-order chi connectivity index (χ0) is 15.5. The van der Waals surface area contributed by atoms with Crippen molar-refractivity contribution in [2.24, 2.45) is 0 Å². The molecule has 1 heterocycles. The molecule has 1 aliphatic heterocycles. The van der Waals surface area contributed by atoms with Crippen LogP contribution in [0.15, 0.2) is 22.7 Å². The summed E-state index contributed by atoms with van der Waals surface area (Å²) in [5.41, 5.74) is 1.22. The van der Waals surface area contributed by atoms with Crippen LogP contribution in [-0.2, 0) is 6.54 Å². The summed E-state index contributed by atoms with van der Waals surface area (Å²) < 4.78 is 14.3. The van der Waals surface area contributed by atoms with Crippen LogP contribution < -0.4 is 5.32 Å². The molecule has 2 nitrogen and oxygen atoms in total. The van der Waals surface area contributed by atoms with Crippen molar-refractivity contribution < 1.29 is 4.39 Å². The van der Waals surface area contributed by atoms with E-state index in [9.17, 15) is 4.39 Å². The van der Waals surface area contributed by atoms with E-state index >= 15 is 0 Å². The Balaban J connectivity index is 2.21. The number of hydrogen-bond donors (Lipinski definition) is 1. The Morgan fingerprint density at radius 1 is 1.38 bits per heavy atom. The second-order valence-electron chi connectivity index (χ2n) is 6.17. The first-order valence-electron chi connectivity index (χ1n) is 7.93. The summed E-state index contributed by atoms with van der Waals surface area (Å²) in [4.78, 5) is 2.49. The van der Waals surface area contributed by atoms with E-state index in [0.29, 0.717) is 10.5 Å². The van der Waals surface area contributed by atoms with Gasteiger partial charge in [0.2, 0.25) is 0 Å². The fourth-order valence-corrected chi connectivity index (χ4v) is 3.54. The van der Waals surface area contributed by atoms with Crippen LogP contribution in [0.3, 0.4) is 0 Å². The van der Waals surface area contributed by atoms with E-state index in [1.807, 2.05) is 6.07 Å². The van der Waals surface area contributed by atoms with Gasteiger partial charge >= 0.3 is 0 Å². The van der Waals surface area contributed by atoms with Gasteiger partial charge in [-0.3, -0.25) is 4.90 Å². The summed E-state index contributed by atoms with van der Waals surface area (Å²) in [5, 5.41) is 3.74. The average molecular weight is 357 g/mol. The Bertz CT molecular complexity index is 474. The number of nitrogens with one attached hydrogen (secondary N) is 1. The molecule has 1 atom stereocenters. The molecule has 1 aromatic rings. The molecular weight excluding hydrogens is 331 g/mol. The van der Waals surface area contributed by atoms with Crippen molar-refractivity contribution >= 4 is 15.9 Å². The minimum absolute atomic E-state index is 0.176. The fourth-order valence-electron chi connectivity index (χ4n) is 3.15. The van der Waals surface area contributed by atoms with Gasteiger partial charge in [-0.2, -0.15) is 0 Å². The zero-order valence-electron chi connectivity index (χ0n) is 13.3. The third kappa shape index (κ3) is 3.85. The monoisotopic (exact) mass is 356 g/mol. The molecule has 1 aliphatic rings. The molecule has 21 heavy (non-hydrogen) atoms. The summed E-state index contributed by atoms with van der Waals surface area (Å²) in [5.74, 6) is -0.176. The summed E-state index contributed by atoms with van der Waals surface area (Å²) in [6, 6.07) is 5.82. The summed E-state index contributed by atoms with van der Waals surface area (Å²) >= 11 is 3.39. The average Bonchev–Trinajstić information content (AvgIpc) is 2.64. The highest BCUT2D eigenvalue weighted by Crippen LogP contribution is 2.27. The van der Waals surface area contributed by atoms with E-state index in [-0.39, 0.29) is 11.4 Å². The van der Waals surface area contributed by atoms with Crippen molar-refractivity contribution in [2.75, 3.05) is 13.1 Å². The van der Waals surface area contributed by atoms with Crippen LogP contribution in [0.4, 0.5) is 4.39 Å². The molecule has 0 aromatic heterocycles. The maximum atomic E-state index is 13.7. The molecule has 1 fully saturated rings. The first kappa shape index (κ1) is 16.9. The van der Waals surface area contributed by atoms with Crippen molar-refractivity contribution in [1.82, 2.24) is 10.2 Å². The van der Waals surface area contributed by atoms with Gasteiger partial charge in [0.05, 0.1) is 4.47 Å². The van der Waals surface area contributed by atoms with Gasteiger partial charge in [0.25, 0.3) is 0 Å². The fraction of sp³-hybridized carbons (Fsp3) is 0.647. The number of benzene rings is 1. The normalized spacial score (nSPS) is 23.0. The van der Waals surface area contributed by atoms with E-state index < -0.39 is 0 Å². The minimum atomic E-state index is -0.176. The lowest BCUT2D eigenvalue weighted by molar-refractivity contribution is 0.152. The third-order valence-corrected chi connectivity index (χ3v) is 5.84. The van der Waals surface area contributed by atoms with Gasteiger partial charge < -0.3 is 5.32 Å². The predicted octanol–water partition coefficient (Wildman–Crippen LogP) is 4.33. The van der Waals surface area contributed by atoms with Gasteiger partial charge in [-0.25, -0.2) is 4.39 Å². The molecule has 0 radical (unpaired) electrons. The Morgan fingerprint density at radius 2 is 2.10 bits per heavy atom. The molecule has 1 unspecified atom stereocenters. The zero-order valence-corrected chi connectivity index (χ0v) is 14.8. The molecule has 118 valence electrons. The highest BCUT2D eigenvalue weighted by molar-refractivity contribution is 9.10. The molecule has 0 amide bonds. The van der Waals surface area contributed by atoms with Gasteiger partial charge in [-0.1, -0.05) is 26.0 Å². The standard InChI is InChI=1S/C17H26BrFN2/c1-4-17(5-2)12-21(13(3)9-10-20-17)11-14-7-6-8-15(19)16(14)18/h6-8,13,20H,4-5,9-12H2,1-3H3. The van der Waals surface area contributed by atoms with Crippen LogP contribution >= 0.6 is 15.9 Å². The molecule has 0 bridgehead atoms. The van der Waals surface area contributed by atoms with Gasteiger partial charge in [-0.05, 0) is 60.3 Å². The van der Waals surface area contributed by atoms with Crippen LogP contribution in [0, 0.1) is 5.82 Å². The Morgan fingerprint density at radius 3 is 2.76 bits per heavy atom. The van der Waals surface area contributed by atoms with Crippen molar-refractivity contribution in [3.8, 4) is 0 Å². The lowest BCUT2D eigenvalue weighted by atomic mass is 9.92. The van der Waals surface area contributed by atoms with Crippen molar-refractivity contribution in [2.45, 2.75) is 58.2 Å². The molecular formula is C17H26BrFN2. The highest BCUT2D eigenvalue weighted by Gasteiger charge is 2.33. The first-order chi connectivity index (χ1) is 10.0. The summed E-state index contributed by atoms with van der Waals surface area (Å²) in [6.07, 6.45) is 3.38.